The lowest BCUT2D eigenvalue weighted by Crippen LogP contribution is -2.49. The molecule has 0 aliphatic carbocycles. The molecule has 2 aromatic heterocycles. The van der Waals surface area contributed by atoms with Gasteiger partial charge in [-0.25, -0.2) is 4.79 Å². The fourth-order valence-electron chi connectivity index (χ4n) is 2.66. The highest BCUT2D eigenvalue weighted by Crippen LogP contribution is 2.17. The molecule has 23 heavy (non-hydrogen) atoms. The normalized spacial score (nSPS) is 15.5. The number of fused-ring (bicyclic) bond motifs is 1. The molecule has 3 heterocycles. The van der Waals surface area contributed by atoms with Gasteiger partial charge in [-0.15, -0.1) is 15.3 Å². The highest BCUT2D eigenvalue weighted by molar-refractivity contribution is 5.68. The summed E-state index contributed by atoms with van der Waals surface area (Å²) in [4.78, 5) is 15.6. The van der Waals surface area contributed by atoms with Crippen molar-refractivity contribution in [2.75, 3.05) is 37.7 Å². The fourth-order valence-corrected chi connectivity index (χ4v) is 2.66. The molecule has 0 saturated carbocycles. The maximum absolute atomic E-state index is 11.7. The molecular weight excluding hydrogens is 296 g/mol. The Labute approximate surface area is 135 Å². The molecule has 0 bridgehead atoms. The quantitative estimate of drug-likeness (QED) is 0.854. The van der Waals surface area contributed by atoms with E-state index in [0.29, 0.717) is 19.7 Å². The SMILES string of the molecule is CCOC(=O)N1CCN(c2ccc3nnc(C(C)C)n3n2)CC1. The van der Waals surface area contributed by atoms with Crippen LogP contribution in [0.25, 0.3) is 5.65 Å². The van der Waals surface area contributed by atoms with Crippen LogP contribution in [0.1, 0.15) is 32.5 Å². The molecule has 3 rings (SSSR count). The van der Waals surface area contributed by atoms with Crippen molar-refractivity contribution in [3.05, 3.63) is 18.0 Å². The first-order valence-corrected chi connectivity index (χ1v) is 7.99. The Hall–Kier alpha value is -2.38. The molecule has 0 N–H and O–H groups in total. The first-order valence-electron chi connectivity index (χ1n) is 7.99. The number of anilines is 1. The van der Waals surface area contributed by atoms with Gasteiger partial charge in [0.15, 0.2) is 11.5 Å². The van der Waals surface area contributed by atoms with Gasteiger partial charge in [-0.1, -0.05) is 13.8 Å². The molecule has 124 valence electrons. The maximum atomic E-state index is 11.7. The Bertz CT molecular complexity index is 690. The highest BCUT2D eigenvalue weighted by atomic mass is 16.6. The number of aromatic nitrogens is 4. The molecule has 0 spiro atoms. The summed E-state index contributed by atoms with van der Waals surface area (Å²) < 4.78 is 6.85. The van der Waals surface area contributed by atoms with Crippen LogP contribution >= 0.6 is 0 Å². The Balaban J connectivity index is 1.74. The second-order valence-electron chi connectivity index (χ2n) is 5.85. The monoisotopic (exact) mass is 318 g/mol. The van der Waals surface area contributed by atoms with E-state index in [1.165, 1.54) is 0 Å². The number of carbonyl (C=O) groups is 1. The average Bonchev–Trinajstić information content (AvgIpc) is 2.98. The Morgan fingerprint density at radius 1 is 1.22 bits per heavy atom. The molecule has 1 aliphatic rings. The number of nitrogens with zero attached hydrogens (tertiary/aromatic N) is 6. The van der Waals surface area contributed by atoms with Gasteiger partial charge in [0.2, 0.25) is 0 Å². The molecule has 1 saturated heterocycles. The second-order valence-corrected chi connectivity index (χ2v) is 5.85. The zero-order valence-corrected chi connectivity index (χ0v) is 13.8. The van der Waals surface area contributed by atoms with Gasteiger partial charge in [-0.2, -0.15) is 4.52 Å². The molecule has 0 atom stereocenters. The minimum absolute atomic E-state index is 0.239. The van der Waals surface area contributed by atoms with E-state index >= 15 is 0 Å². The molecular formula is C15H22N6O2. The highest BCUT2D eigenvalue weighted by Gasteiger charge is 2.23. The van der Waals surface area contributed by atoms with Gasteiger partial charge in [0.1, 0.15) is 5.82 Å². The van der Waals surface area contributed by atoms with Crippen molar-refractivity contribution in [3.63, 3.8) is 0 Å². The van der Waals surface area contributed by atoms with E-state index in [-0.39, 0.29) is 12.0 Å². The smallest absolute Gasteiger partial charge is 0.409 e. The molecule has 0 radical (unpaired) electrons. The average molecular weight is 318 g/mol. The number of carbonyl (C=O) groups excluding carboxylic acids is 1. The van der Waals surface area contributed by atoms with Crippen molar-refractivity contribution >= 4 is 17.6 Å². The van der Waals surface area contributed by atoms with Crippen LogP contribution in [0.4, 0.5) is 10.6 Å². The van der Waals surface area contributed by atoms with Gasteiger partial charge < -0.3 is 14.5 Å². The summed E-state index contributed by atoms with van der Waals surface area (Å²) in [6.45, 7) is 9.11. The van der Waals surface area contributed by atoms with Crippen LogP contribution < -0.4 is 4.90 Å². The van der Waals surface area contributed by atoms with Gasteiger partial charge in [-0.3, -0.25) is 0 Å². The van der Waals surface area contributed by atoms with E-state index in [4.69, 9.17) is 4.74 Å². The van der Waals surface area contributed by atoms with Crippen molar-refractivity contribution < 1.29 is 9.53 Å². The first kappa shape index (κ1) is 15.5. The van der Waals surface area contributed by atoms with Crippen LogP contribution in [0.2, 0.25) is 0 Å². The number of piperazine rings is 1. The largest absolute Gasteiger partial charge is 0.450 e. The lowest BCUT2D eigenvalue weighted by molar-refractivity contribution is 0.105. The standard InChI is InChI=1S/C15H22N6O2/c1-4-23-15(22)20-9-7-19(8-10-20)13-6-5-12-16-17-14(11(2)3)21(12)18-13/h5-6,11H,4,7-10H2,1-3H3. The molecule has 2 aromatic rings. The summed E-state index contributed by atoms with van der Waals surface area (Å²) >= 11 is 0. The van der Waals surface area contributed by atoms with E-state index in [9.17, 15) is 4.79 Å². The Kier molecular flexibility index (Phi) is 4.31. The van der Waals surface area contributed by atoms with E-state index in [2.05, 4.69) is 34.0 Å². The van der Waals surface area contributed by atoms with Crippen LogP contribution in [-0.4, -0.2) is 63.6 Å². The lowest BCUT2D eigenvalue weighted by Gasteiger charge is -2.34. The topological polar surface area (TPSA) is 75.9 Å². The van der Waals surface area contributed by atoms with Gasteiger partial charge in [-0.05, 0) is 19.1 Å². The molecule has 1 aliphatic heterocycles. The minimum atomic E-state index is -0.239. The molecule has 1 fully saturated rings. The Morgan fingerprint density at radius 3 is 2.61 bits per heavy atom. The van der Waals surface area contributed by atoms with Gasteiger partial charge in [0, 0.05) is 32.1 Å². The second kappa shape index (κ2) is 6.39. The van der Waals surface area contributed by atoms with Crippen LogP contribution in [0.5, 0.6) is 0 Å². The zero-order chi connectivity index (χ0) is 16.4. The summed E-state index contributed by atoms with van der Waals surface area (Å²) in [6, 6.07) is 3.88. The number of rotatable bonds is 3. The summed E-state index contributed by atoms with van der Waals surface area (Å²) in [5.41, 5.74) is 0.752. The number of hydrogen-bond acceptors (Lipinski definition) is 6. The van der Waals surface area contributed by atoms with Gasteiger partial charge in [0.25, 0.3) is 0 Å². The van der Waals surface area contributed by atoms with Crippen molar-refractivity contribution in [3.8, 4) is 0 Å². The minimum Gasteiger partial charge on any atom is -0.450 e. The summed E-state index contributed by atoms with van der Waals surface area (Å²) in [7, 11) is 0. The van der Waals surface area contributed by atoms with Gasteiger partial charge >= 0.3 is 6.09 Å². The molecule has 0 aromatic carbocycles. The zero-order valence-electron chi connectivity index (χ0n) is 13.8. The number of hydrogen-bond donors (Lipinski definition) is 0. The molecule has 8 heteroatoms. The number of ether oxygens (including phenoxy) is 1. The van der Waals surface area contributed by atoms with Crippen molar-refractivity contribution in [2.24, 2.45) is 0 Å². The molecule has 1 amide bonds. The van der Waals surface area contributed by atoms with Crippen LogP contribution in [-0.2, 0) is 4.74 Å². The van der Waals surface area contributed by atoms with E-state index < -0.39 is 0 Å². The van der Waals surface area contributed by atoms with Crippen molar-refractivity contribution in [2.45, 2.75) is 26.7 Å². The third-order valence-corrected chi connectivity index (χ3v) is 3.92. The van der Waals surface area contributed by atoms with Crippen LogP contribution in [0.3, 0.4) is 0 Å². The van der Waals surface area contributed by atoms with E-state index in [1.807, 2.05) is 19.1 Å². The van der Waals surface area contributed by atoms with Crippen molar-refractivity contribution in [1.29, 1.82) is 0 Å². The summed E-state index contributed by atoms with van der Waals surface area (Å²) in [6.07, 6.45) is -0.239. The molecule has 8 nitrogen and oxygen atoms in total. The predicted molar refractivity (Wildman–Crippen MR) is 85.7 cm³/mol. The lowest BCUT2D eigenvalue weighted by atomic mass is 10.2. The summed E-state index contributed by atoms with van der Waals surface area (Å²) in [5.74, 6) is 1.99. The maximum Gasteiger partial charge on any atom is 0.409 e. The van der Waals surface area contributed by atoms with Crippen LogP contribution in [0.15, 0.2) is 12.1 Å². The van der Waals surface area contributed by atoms with Gasteiger partial charge in [0.05, 0.1) is 6.61 Å². The summed E-state index contributed by atoms with van der Waals surface area (Å²) in [5, 5.41) is 13.0. The van der Waals surface area contributed by atoms with Crippen molar-refractivity contribution in [1.82, 2.24) is 24.7 Å². The Morgan fingerprint density at radius 2 is 1.96 bits per heavy atom. The third kappa shape index (κ3) is 3.06. The predicted octanol–water partition coefficient (Wildman–Crippen LogP) is 1.53. The third-order valence-electron chi connectivity index (χ3n) is 3.92. The van der Waals surface area contributed by atoms with Crippen LogP contribution in [0, 0.1) is 0 Å². The van der Waals surface area contributed by atoms with E-state index in [1.54, 1.807) is 9.42 Å². The van der Waals surface area contributed by atoms with E-state index in [0.717, 1.165) is 30.4 Å². The fraction of sp³-hybridized carbons (Fsp3) is 0.600. The number of amides is 1. The first-order chi connectivity index (χ1) is 11.1. The molecule has 0 unspecified atom stereocenters.